The molecule has 0 N–H and O–H groups in total. The van der Waals surface area contributed by atoms with Gasteiger partial charge in [-0.2, -0.15) is 0 Å². The fourth-order valence-electron chi connectivity index (χ4n) is 2.21. The highest BCUT2D eigenvalue weighted by molar-refractivity contribution is 5.90. The van der Waals surface area contributed by atoms with Crippen molar-refractivity contribution in [2.75, 3.05) is 6.54 Å². The third-order valence-corrected chi connectivity index (χ3v) is 3.24. The Labute approximate surface area is 116 Å². The predicted octanol–water partition coefficient (Wildman–Crippen LogP) is 1.54. The summed E-state index contributed by atoms with van der Waals surface area (Å²) in [5.74, 6) is -0.504. The van der Waals surface area contributed by atoms with Gasteiger partial charge in [-0.05, 0) is 34.4 Å². The number of nitrogens with zero attached hydrogens (tertiary/aromatic N) is 2. The normalized spacial score (nSPS) is 14.7. The lowest BCUT2D eigenvalue weighted by atomic mass is 10.0. The maximum Gasteiger partial charge on any atom is 0.203 e. The summed E-state index contributed by atoms with van der Waals surface area (Å²) in [7, 11) is 0. The third kappa shape index (κ3) is 2.59. The summed E-state index contributed by atoms with van der Waals surface area (Å²) in [6, 6.07) is 13.6. The van der Waals surface area contributed by atoms with E-state index in [2.05, 4.69) is 5.10 Å². The molecule has 0 fully saturated rings. The highest BCUT2D eigenvalue weighted by Crippen LogP contribution is 2.14. The minimum absolute atomic E-state index is 0.233. The van der Waals surface area contributed by atoms with E-state index < -0.39 is 0 Å². The first-order valence-electron chi connectivity index (χ1n) is 6.43. The van der Waals surface area contributed by atoms with Gasteiger partial charge in [-0.15, -0.1) is 0 Å². The lowest BCUT2D eigenvalue weighted by molar-refractivity contribution is -0.533. The summed E-state index contributed by atoms with van der Waals surface area (Å²) in [4.78, 5) is 0. The van der Waals surface area contributed by atoms with Crippen molar-refractivity contribution in [2.24, 2.45) is 5.10 Å². The van der Waals surface area contributed by atoms with Crippen LogP contribution in [-0.4, -0.2) is 23.3 Å². The van der Waals surface area contributed by atoms with Crippen LogP contribution < -0.4 is 5.11 Å². The Balaban J connectivity index is 1.91. The first-order valence-corrected chi connectivity index (χ1v) is 6.43. The van der Waals surface area contributed by atoms with Crippen molar-refractivity contribution in [1.82, 2.24) is 0 Å². The van der Waals surface area contributed by atoms with Crippen LogP contribution in [0.4, 0.5) is 4.39 Å². The Morgan fingerprint density at radius 3 is 2.75 bits per heavy atom. The lowest BCUT2D eigenvalue weighted by Crippen LogP contribution is -2.25. The fraction of sp³-hybridized carbons (Fsp3) is 0.125. The fourth-order valence-corrected chi connectivity index (χ4v) is 2.21. The van der Waals surface area contributed by atoms with Crippen molar-refractivity contribution < 1.29 is 14.2 Å². The molecule has 2 aromatic carbocycles. The minimum Gasteiger partial charge on any atom is -0.854 e. The van der Waals surface area contributed by atoms with Gasteiger partial charge in [0.2, 0.25) is 6.21 Å². The molecule has 0 amide bonds. The van der Waals surface area contributed by atoms with E-state index in [9.17, 15) is 9.50 Å². The van der Waals surface area contributed by atoms with Crippen molar-refractivity contribution in [2.45, 2.75) is 6.42 Å². The van der Waals surface area contributed by atoms with Crippen molar-refractivity contribution >= 4 is 12.1 Å². The molecule has 0 saturated heterocycles. The third-order valence-electron chi connectivity index (χ3n) is 3.24. The van der Waals surface area contributed by atoms with Gasteiger partial charge in [-0.1, -0.05) is 35.0 Å². The summed E-state index contributed by atoms with van der Waals surface area (Å²) in [6.07, 6.45) is 2.45. The standard InChI is InChI=1S/C16H13FN2O/c17-15-7-6-14-11-19(9-8-13(14)10-15)18-16(20)12-4-2-1-3-5-12/h1-7,10-11H,8-9H2. The average molecular weight is 268 g/mol. The second kappa shape index (κ2) is 5.25. The first kappa shape index (κ1) is 12.5. The molecule has 1 aliphatic rings. The Hall–Kier alpha value is -2.49. The monoisotopic (exact) mass is 268 g/mol. The van der Waals surface area contributed by atoms with Crippen LogP contribution >= 0.6 is 0 Å². The predicted molar refractivity (Wildman–Crippen MR) is 73.4 cm³/mol. The summed E-state index contributed by atoms with van der Waals surface area (Å²) >= 11 is 0. The summed E-state index contributed by atoms with van der Waals surface area (Å²) < 4.78 is 14.7. The summed E-state index contributed by atoms with van der Waals surface area (Å²) in [6.45, 7) is 0.578. The quantitative estimate of drug-likeness (QED) is 0.462. The molecule has 20 heavy (non-hydrogen) atoms. The van der Waals surface area contributed by atoms with Gasteiger partial charge in [-0.3, -0.25) is 0 Å². The van der Waals surface area contributed by atoms with Crippen LogP contribution in [-0.2, 0) is 6.42 Å². The van der Waals surface area contributed by atoms with Crippen molar-refractivity contribution in [3.63, 3.8) is 0 Å². The zero-order valence-corrected chi connectivity index (χ0v) is 10.8. The number of rotatable bonds is 2. The molecule has 2 aromatic rings. The van der Waals surface area contributed by atoms with Crippen LogP contribution in [0, 0.1) is 5.82 Å². The molecule has 3 nitrogen and oxygen atoms in total. The van der Waals surface area contributed by atoms with Gasteiger partial charge in [0.25, 0.3) is 0 Å². The molecule has 0 spiro atoms. The van der Waals surface area contributed by atoms with E-state index >= 15 is 0 Å². The lowest BCUT2D eigenvalue weighted by Gasteiger charge is -2.11. The van der Waals surface area contributed by atoms with E-state index in [1.54, 1.807) is 41.2 Å². The topological polar surface area (TPSA) is 38.4 Å². The van der Waals surface area contributed by atoms with E-state index in [0.29, 0.717) is 18.5 Å². The minimum atomic E-state index is -0.271. The maximum absolute atomic E-state index is 13.1. The molecule has 0 saturated carbocycles. The van der Waals surface area contributed by atoms with Gasteiger partial charge < -0.3 is 5.11 Å². The molecule has 0 radical (unpaired) electrons. The Bertz CT molecular complexity index is 693. The van der Waals surface area contributed by atoms with Gasteiger partial charge in [0.15, 0.2) is 6.54 Å². The average Bonchev–Trinajstić information content (AvgIpc) is 2.48. The zero-order chi connectivity index (χ0) is 13.9. The molecule has 0 aromatic heterocycles. The van der Waals surface area contributed by atoms with Crippen molar-refractivity contribution in [1.29, 1.82) is 0 Å². The van der Waals surface area contributed by atoms with E-state index in [1.165, 1.54) is 12.1 Å². The number of benzene rings is 2. The molecular weight excluding hydrogens is 255 g/mol. The number of hydrogen-bond acceptors (Lipinski definition) is 2. The van der Waals surface area contributed by atoms with Crippen LogP contribution in [0.3, 0.4) is 0 Å². The van der Waals surface area contributed by atoms with Crippen LogP contribution in [0.25, 0.3) is 0 Å². The number of hydrogen-bond donors (Lipinski definition) is 0. The van der Waals surface area contributed by atoms with E-state index in [4.69, 9.17) is 0 Å². The second-order valence-corrected chi connectivity index (χ2v) is 4.66. The molecule has 100 valence electrons. The summed E-state index contributed by atoms with van der Waals surface area (Å²) in [5.41, 5.74) is 2.41. The highest BCUT2D eigenvalue weighted by atomic mass is 19.1. The molecule has 0 aliphatic carbocycles. The van der Waals surface area contributed by atoms with Crippen LogP contribution in [0.5, 0.6) is 0 Å². The molecule has 1 heterocycles. The smallest absolute Gasteiger partial charge is 0.203 e. The largest absolute Gasteiger partial charge is 0.854 e. The molecule has 4 heteroatoms. The van der Waals surface area contributed by atoms with Gasteiger partial charge in [0.05, 0.1) is 5.90 Å². The van der Waals surface area contributed by atoms with Crippen LogP contribution in [0.2, 0.25) is 0 Å². The van der Waals surface area contributed by atoms with Gasteiger partial charge in [0, 0.05) is 12.0 Å². The first-order chi connectivity index (χ1) is 9.72. The SMILES string of the molecule is [O-]/C(=N\[N+]1=Cc2ccc(F)cc2CC1)c1ccccc1. The number of fused-ring (bicyclic) bond motifs is 1. The van der Waals surface area contributed by atoms with Gasteiger partial charge in [-0.25, -0.2) is 4.39 Å². The second-order valence-electron chi connectivity index (χ2n) is 4.66. The van der Waals surface area contributed by atoms with Crippen molar-refractivity contribution in [3.05, 3.63) is 71.0 Å². The molecule has 0 atom stereocenters. The molecule has 3 rings (SSSR count). The molecule has 0 bridgehead atoms. The van der Waals surface area contributed by atoms with E-state index in [1.807, 2.05) is 6.07 Å². The van der Waals surface area contributed by atoms with E-state index in [-0.39, 0.29) is 11.7 Å². The molecular formula is C16H13FN2O. The highest BCUT2D eigenvalue weighted by Gasteiger charge is 2.16. The van der Waals surface area contributed by atoms with Crippen LogP contribution in [0.15, 0.2) is 53.6 Å². The Morgan fingerprint density at radius 1 is 1.15 bits per heavy atom. The summed E-state index contributed by atoms with van der Waals surface area (Å²) in [5, 5.41) is 16.1. The van der Waals surface area contributed by atoms with Gasteiger partial charge in [0.1, 0.15) is 5.82 Å². The zero-order valence-electron chi connectivity index (χ0n) is 10.8. The Morgan fingerprint density at radius 2 is 1.95 bits per heavy atom. The maximum atomic E-state index is 13.1. The van der Waals surface area contributed by atoms with Gasteiger partial charge >= 0.3 is 0 Å². The Kier molecular flexibility index (Phi) is 3.29. The molecule has 0 unspecified atom stereocenters. The van der Waals surface area contributed by atoms with E-state index in [0.717, 1.165) is 11.1 Å². The number of hydrazone groups is 1. The molecule has 1 aliphatic heterocycles. The van der Waals surface area contributed by atoms with Crippen molar-refractivity contribution in [3.8, 4) is 0 Å². The number of halogens is 1. The van der Waals surface area contributed by atoms with Crippen LogP contribution in [0.1, 0.15) is 16.7 Å².